The van der Waals surface area contributed by atoms with Gasteiger partial charge in [0, 0.05) is 59.3 Å². The molecule has 0 aliphatic heterocycles. The van der Waals surface area contributed by atoms with Crippen molar-refractivity contribution in [3.8, 4) is 0 Å². The third kappa shape index (κ3) is 9.30. The van der Waals surface area contributed by atoms with Gasteiger partial charge in [0.1, 0.15) is 0 Å². The average molecular weight is 536 g/mol. The van der Waals surface area contributed by atoms with Crippen LogP contribution in [-0.4, -0.2) is 70.3 Å². The number of amides is 2. The molecule has 7 N–H and O–H groups in total. The van der Waals surface area contributed by atoms with Crippen LogP contribution in [0.5, 0.6) is 0 Å². The maximum absolute atomic E-state index is 13.2. The number of nitrogens with zero attached hydrogens (tertiary/aromatic N) is 2. The van der Waals surface area contributed by atoms with Crippen molar-refractivity contribution in [3.05, 3.63) is 83.9 Å². The molecule has 39 heavy (non-hydrogen) atoms. The fraction of sp³-hybridized carbons (Fsp3) is 0.240. The highest BCUT2D eigenvalue weighted by molar-refractivity contribution is 6.58. The van der Waals surface area contributed by atoms with Crippen molar-refractivity contribution < 1.29 is 48.7 Å². The molecule has 0 aliphatic rings. The second kappa shape index (κ2) is 14.2. The first-order valence-corrected chi connectivity index (χ1v) is 12.2. The Labute approximate surface area is 225 Å². The highest BCUT2D eigenvalue weighted by Crippen LogP contribution is 2.13. The van der Waals surface area contributed by atoms with Crippen LogP contribution < -0.4 is 30.7 Å². The van der Waals surface area contributed by atoms with Crippen LogP contribution in [0.3, 0.4) is 0 Å². The number of carboxylic acids is 1. The van der Waals surface area contributed by atoms with E-state index in [9.17, 15) is 34.5 Å². The van der Waals surface area contributed by atoms with Crippen LogP contribution in [0.15, 0.2) is 67.3 Å². The Hall–Kier alpha value is -4.10. The van der Waals surface area contributed by atoms with Gasteiger partial charge >= 0.3 is 20.2 Å². The van der Waals surface area contributed by atoms with E-state index in [0.29, 0.717) is 28.6 Å². The minimum atomic E-state index is -1.64. The van der Waals surface area contributed by atoms with E-state index in [1.807, 2.05) is 6.07 Å². The lowest BCUT2D eigenvalue weighted by atomic mass is 9.82. The Balaban J connectivity index is 1.78. The Morgan fingerprint density at radius 2 is 1.36 bits per heavy atom. The summed E-state index contributed by atoms with van der Waals surface area (Å²) in [4.78, 5) is 35.5. The summed E-state index contributed by atoms with van der Waals surface area (Å²) >= 11 is 0. The smallest absolute Gasteiger partial charge is 0.481 e. The van der Waals surface area contributed by atoms with Gasteiger partial charge in [-0.05, 0) is 6.07 Å². The van der Waals surface area contributed by atoms with Gasteiger partial charge in [-0.15, -0.1) is 0 Å². The van der Waals surface area contributed by atoms with Gasteiger partial charge in [-0.1, -0.05) is 24.3 Å². The van der Waals surface area contributed by atoms with Gasteiger partial charge in [0.25, 0.3) is 5.91 Å². The van der Waals surface area contributed by atoms with Crippen molar-refractivity contribution in [1.82, 2.24) is 10.6 Å². The van der Waals surface area contributed by atoms with Gasteiger partial charge in [-0.25, -0.2) is 9.13 Å². The number of benzene rings is 1. The van der Waals surface area contributed by atoms with Crippen molar-refractivity contribution >= 4 is 42.9 Å². The number of pyridine rings is 2. The predicted octanol–water partition coefficient (Wildman–Crippen LogP) is -3.57. The number of hydrogen-bond acceptors (Lipinski definition) is 7. The van der Waals surface area contributed by atoms with Crippen molar-refractivity contribution in [2.24, 2.45) is 0 Å². The van der Waals surface area contributed by atoms with Crippen LogP contribution in [0.25, 0.3) is 0 Å². The van der Waals surface area contributed by atoms with Crippen LogP contribution >= 0.6 is 0 Å². The molecule has 0 spiro atoms. The minimum Gasteiger partial charge on any atom is -0.481 e. The summed E-state index contributed by atoms with van der Waals surface area (Å²) in [6.07, 6.45) is 6.21. The van der Waals surface area contributed by atoms with Crippen molar-refractivity contribution in [1.29, 1.82) is 0 Å². The number of nitrogens with one attached hydrogen (secondary N) is 2. The van der Waals surface area contributed by atoms with E-state index >= 15 is 0 Å². The number of hydrogen-bond donors (Lipinski definition) is 7. The Morgan fingerprint density at radius 3 is 1.95 bits per heavy atom. The molecular formula is C25H30B2N4O8+2. The van der Waals surface area contributed by atoms with E-state index in [2.05, 4.69) is 10.6 Å². The summed E-state index contributed by atoms with van der Waals surface area (Å²) < 4.78 is 3.46. The average Bonchev–Trinajstić information content (AvgIpc) is 2.91. The number of aliphatic carboxylic acids is 1. The summed E-state index contributed by atoms with van der Waals surface area (Å²) in [6.45, 7) is 0.845. The maximum atomic E-state index is 13.2. The van der Waals surface area contributed by atoms with Gasteiger partial charge in [0.2, 0.25) is 5.91 Å². The summed E-state index contributed by atoms with van der Waals surface area (Å²) in [5, 5.41) is 51.9. The molecule has 2 amide bonds. The molecule has 14 heteroatoms. The fourth-order valence-corrected chi connectivity index (χ4v) is 3.85. The highest BCUT2D eigenvalue weighted by atomic mass is 16.4. The molecule has 2 aromatic heterocycles. The zero-order valence-corrected chi connectivity index (χ0v) is 21.1. The summed E-state index contributed by atoms with van der Waals surface area (Å²) in [7, 11) is -3.26. The first kappa shape index (κ1) is 29.5. The lowest BCUT2D eigenvalue weighted by molar-refractivity contribution is -0.688. The summed E-state index contributed by atoms with van der Waals surface area (Å²) in [5.74, 6) is -1.89. The van der Waals surface area contributed by atoms with Crippen molar-refractivity contribution in [2.75, 3.05) is 13.1 Å². The lowest BCUT2D eigenvalue weighted by Crippen LogP contribution is -2.43. The number of carboxylic acid groups (broad SMARTS) is 1. The highest BCUT2D eigenvalue weighted by Gasteiger charge is 2.20. The lowest BCUT2D eigenvalue weighted by Gasteiger charge is -2.11. The maximum Gasteiger partial charge on any atom is 0.494 e. The zero-order chi connectivity index (χ0) is 28.4. The van der Waals surface area contributed by atoms with E-state index in [-0.39, 0.29) is 32.5 Å². The third-order valence-corrected chi connectivity index (χ3v) is 5.79. The topological polar surface area (TPSA) is 184 Å². The number of carbonyl (C=O) groups is 3. The molecule has 0 aliphatic carbocycles. The van der Waals surface area contributed by atoms with Gasteiger partial charge in [-0.3, -0.25) is 14.4 Å². The monoisotopic (exact) mass is 536 g/mol. The second-order valence-corrected chi connectivity index (χ2v) is 8.86. The third-order valence-electron chi connectivity index (χ3n) is 5.79. The van der Waals surface area contributed by atoms with Crippen LogP contribution in [0.1, 0.15) is 34.3 Å². The summed E-state index contributed by atoms with van der Waals surface area (Å²) in [5.41, 5.74) is 2.40. The molecule has 0 saturated heterocycles. The van der Waals surface area contributed by atoms with Crippen LogP contribution in [0.4, 0.5) is 0 Å². The number of rotatable bonds is 13. The minimum absolute atomic E-state index is 0.117. The van der Waals surface area contributed by atoms with Crippen molar-refractivity contribution in [2.45, 2.75) is 25.9 Å². The van der Waals surface area contributed by atoms with Gasteiger partial charge in [0.15, 0.2) is 37.9 Å². The molecule has 2 heterocycles. The van der Waals surface area contributed by atoms with E-state index < -0.39 is 32.0 Å². The number of carbonyl (C=O) groups excluding carboxylic acids is 2. The number of aromatic nitrogens is 2. The molecule has 1 aromatic carbocycles. The molecule has 0 unspecified atom stereocenters. The Kier molecular flexibility index (Phi) is 10.7. The first-order valence-electron chi connectivity index (χ1n) is 12.2. The molecule has 0 bridgehead atoms. The van der Waals surface area contributed by atoms with Gasteiger partial charge in [0.05, 0.1) is 6.42 Å². The Morgan fingerprint density at radius 1 is 0.769 bits per heavy atom. The first-order chi connectivity index (χ1) is 18.6. The van der Waals surface area contributed by atoms with E-state index in [4.69, 9.17) is 5.11 Å². The molecule has 0 atom stereocenters. The fourth-order valence-electron chi connectivity index (χ4n) is 3.85. The molecular weight excluding hydrogens is 506 g/mol. The van der Waals surface area contributed by atoms with Gasteiger partial charge < -0.3 is 35.8 Å². The molecule has 0 radical (unpaired) electrons. The van der Waals surface area contributed by atoms with E-state index in [1.54, 1.807) is 70.3 Å². The van der Waals surface area contributed by atoms with E-state index in [1.165, 1.54) is 0 Å². The zero-order valence-electron chi connectivity index (χ0n) is 21.1. The molecule has 0 saturated carbocycles. The van der Waals surface area contributed by atoms with Crippen molar-refractivity contribution in [3.63, 3.8) is 0 Å². The largest absolute Gasteiger partial charge is 0.494 e. The quantitative estimate of drug-likeness (QED) is 0.0665. The van der Waals surface area contributed by atoms with Crippen LogP contribution in [0.2, 0.25) is 0 Å². The van der Waals surface area contributed by atoms with Crippen LogP contribution in [-0.2, 0) is 22.7 Å². The second-order valence-electron chi connectivity index (χ2n) is 8.86. The van der Waals surface area contributed by atoms with Crippen LogP contribution in [0, 0.1) is 0 Å². The van der Waals surface area contributed by atoms with E-state index in [0.717, 1.165) is 5.56 Å². The molecule has 0 fully saturated rings. The standard InChI is InChI=1S/C25H28B2N4O8/c32-23(7-8-24(33)34)28-9-10-29-25(35)22-13-18(14-30-11-1-3-20(16-30)26(36)37)5-6-19(22)15-31-12-2-4-21(17-31)27(38)39/h1-6,11-13,16-17,36-39H,7-10,14-15H2,(H-2,28,29,32,33,34,35)/p+2. The predicted molar refractivity (Wildman–Crippen MR) is 140 cm³/mol. The SMILES string of the molecule is O=C(O)CCC(=O)NCCNC(=O)c1cc(C[n+]2cccc(B(O)O)c2)ccc1C[n+]1cccc(B(O)O)c1. The molecule has 12 nitrogen and oxygen atoms in total. The molecule has 3 aromatic rings. The summed E-state index contributed by atoms with van der Waals surface area (Å²) in [6, 6.07) is 11.8. The Bertz CT molecular complexity index is 1320. The van der Waals surface area contributed by atoms with Gasteiger partial charge in [-0.2, -0.15) is 0 Å². The molecule has 202 valence electrons. The normalized spacial score (nSPS) is 10.6. The molecule has 3 rings (SSSR count).